The van der Waals surface area contributed by atoms with Gasteiger partial charge in [-0.05, 0) is 111 Å². The normalized spacial score (nSPS) is 35.0. The summed E-state index contributed by atoms with van der Waals surface area (Å²) in [6, 6.07) is 4.03. The Labute approximate surface area is 296 Å². The van der Waals surface area contributed by atoms with Crippen LogP contribution in [0.2, 0.25) is 0 Å². The first-order valence-corrected chi connectivity index (χ1v) is 17.6. The number of epoxide rings is 1. The molecule has 7 rings (SSSR count). The van der Waals surface area contributed by atoms with Crippen molar-refractivity contribution in [1.29, 1.82) is 0 Å². The van der Waals surface area contributed by atoms with E-state index < -0.39 is 65.1 Å². The molecule has 0 amide bonds. The van der Waals surface area contributed by atoms with E-state index in [4.69, 9.17) is 18.6 Å². The van der Waals surface area contributed by atoms with Gasteiger partial charge in [0.2, 0.25) is 5.78 Å². The lowest BCUT2D eigenvalue weighted by Gasteiger charge is -2.50. The quantitative estimate of drug-likeness (QED) is 0.258. The van der Waals surface area contributed by atoms with Crippen molar-refractivity contribution in [2.45, 2.75) is 114 Å². The van der Waals surface area contributed by atoms with E-state index in [0.717, 1.165) is 0 Å². The molecule has 274 valence electrons. The van der Waals surface area contributed by atoms with Crippen molar-refractivity contribution in [1.82, 2.24) is 9.80 Å². The van der Waals surface area contributed by atoms with Crippen molar-refractivity contribution in [2.24, 2.45) is 0 Å². The molecule has 4 heterocycles. The van der Waals surface area contributed by atoms with E-state index in [-0.39, 0.29) is 63.0 Å². The van der Waals surface area contributed by atoms with Gasteiger partial charge < -0.3 is 43.7 Å². The van der Waals surface area contributed by atoms with Gasteiger partial charge in [0.05, 0.1) is 59.2 Å². The average molecular weight is 705 g/mol. The standard InChI is InChI=1S/C39H48N2O10/c1-16-11-21-30(36-28(16)24(43)14-27(50-36)39(6)19(4)51-39)35(46)31-23(42)12-20(26-15-38(5,41(9)10)37(47)18(3)49-26)29(32(31)34(21)45)25-13-22(40(7)8)33(44)17(2)48-25/h11-12,14,17-19,22,25-26,33,37,42,44,47H,13,15H2,1-10H3. The summed E-state index contributed by atoms with van der Waals surface area (Å²) >= 11 is 0. The Kier molecular flexibility index (Phi) is 8.46. The third kappa shape index (κ3) is 5.25. The fourth-order valence-corrected chi connectivity index (χ4v) is 8.59. The Morgan fingerprint density at radius 3 is 2.12 bits per heavy atom. The van der Waals surface area contributed by atoms with Crippen LogP contribution >= 0.6 is 0 Å². The van der Waals surface area contributed by atoms with Crippen molar-refractivity contribution in [3.8, 4) is 5.75 Å². The second kappa shape index (κ2) is 12.0. The Balaban J connectivity index is 1.49. The van der Waals surface area contributed by atoms with Crippen LogP contribution in [0.4, 0.5) is 0 Å². The predicted molar refractivity (Wildman–Crippen MR) is 187 cm³/mol. The van der Waals surface area contributed by atoms with Crippen LogP contribution in [0.1, 0.15) is 114 Å². The maximum Gasteiger partial charge on any atom is 0.202 e. The van der Waals surface area contributed by atoms with Gasteiger partial charge in [-0.1, -0.05) is 0 Å². The molecular weight excluding hydrogens is 656 g/mol. The SMILES string of the molecule is Cc1cc2c(c3oc(C4(C)OC4C)cc(=O)c13)C(=O)c1c(O)cc(C3CC(C)(N(C)C)C(O)C(C)O3)c(C3CC(N(C)C)C(O)C(C)O3)c1C2=O. The third-order valence-electron chi connectivity index (χ3n) is 12.3. The van der Waals surface area contributed by atoms with Crippen molar-refractivity contribution in [3.63, 3.8) is 0 Å². The summed E-state index contributed by atoms with van der Waals surface area (Å²) in [5, 5.41) is 34.4. The molecule has 3 aromatic rings. The zero-order valence-electron chi connectivity index (χ0n) is 30.9. The molecule has 0 saturated carbocycles. The number of phenols is 1. The van der Waals surface area contributed by atoms with Crippen molar-refractivity contribution in [2.75, 3.05) is 28.2 Å². The number of aromatic hydroxyl groups is 1. The van der Waals surface area contributed by atoms with Crippen LogP contribution in [-0.4, -0.2) is 107 Å². The fourth-order valence-electron chi connectivity index (χ4n) is 8.59. The summed E-state index contributed by atoms with van der Waals surface area (Å²) in [7, 11) is 7.48. The minimum Gasteiger partial charge on any atom is -0.507 e. The lowest BCUT2D eigenvalue weighted by atomic mass is 9.73. The number of carbonyl (C=O) groups is 2. The third-order valence-corrected chi connectivity index (χ3v) is 12.3. The van der Waals surface area contributed by atoms with E-state index in [9.17, 15) is 24.9 Å². The number of ether oxygens (including phenoxy) is 3. The van der Waals surface area contributed by atoms with Crippen molar-refractivity contribution in [3.05, 3.63) is 73.1 Å². The molecule has 3 N–H and O–H groups in total. The van der Waals surface area contributed by atoms with E-state index in [1.54, 1.807) is 27.7 Å². The molecule has 3 aliphatic heterocycles. The number of ketones is 2. The number of phenolic OH excluding ortho intramolecular Hbond substituents is 1. The number of fused-ring (bicyclic) bond motifs is 4. The fraction of sp³-hybridized carbons (Fsp3) is 0.564. The lowest BCUT2D eigenvalue weighted by Crippen LogP contribution is -2.60. The maximum atomic E-state index is 15.0. The first-order chi connectivity index (χ1) is 23.8. The summed E-state index contributed by atoms with van der Waals surface area (Å²) in [6.07, 6.45) is -4.05. The molecule has 12 heteroatoms. The number of aliphatic hydroxyl groups excluding tert-OH is 2. The molecule has 51 heavy (non-hydrogen) atoms. The van der Waals surface area contributed by atoms with Gasteiger partial charge >= 0.3 is 0 Å². The molecule has 1 aromatic heterocycles. The van der Waals surface area contributed by atoms with Gasteiger partial charge in [0.25, 0.3) is 0 Å². The van der Waals surface area contributed by atoms with E-state index >= 15 is 4.79 Å². The van der Waals surface area contributed by atoms with E-state index in [0.29, 0.717) is 23.1 Å². The van der Waals surface area contributed by atoms with Gasteiger partial charge in [0.15, 0.2) is 11.2 Å². The van der Waals surface area contributed by atoms with Crippen molar-refractivity contribution >= 4 is 22.5 Å². The number of nitrogens with zero attached hydrogens (tertiary/aromatic N) is 2. The minimum absolute atomic E-state index is 0.00844. The first kappa shape index (κ1) is 35.9. The monoisotopic (exact) mass is 704 g/mol. The summed E-state index contributed by atoms with van der Waals surface area (Å²) < 4.78 is 25.0. The van der Waals surface area contributed by atoms with E-state index in [1.807, 2.05) is 51.8 Å². The van der Waals surface area contributed by atoms with Crippen LogP contribution in [0.3, 0.4) is 0 Å². The largest absolute Gasteiger partial charge is 0.507 e. The number of hydrogen-bond donors (Lipinski definition) is 3. The molecular formula is C39H48N2O10. The van der Waals surface area contributed by atoms with Gasteiger partial charge in [-0.25, -0.2) is 0 Å². The molecule has 3 saturated heterocycles. The molecule has 4 aliphatic rings. The van der Waals surface area contributed by atoms with Gasteiger partial charge in [-0.2, -0.15) is 0 Å². The molecule has 0 spiro atoms. The number of hydrogen-bond acceptors (Lipinski definition) is 12. The van der Waals surface area contributed by atoms with Gasteiger partial charge in [0.1, 0.15) is 22.7 Å². The second-order valence-electron chi connectivity index (χ2n) is 15.8. The smallest absolute Gasteiger partial charge is 0.202 e. The van der Waals surface area contributed by atoms with E-state index in [1.165, 1.54) is 18.2 Å². The average Bonchev–Trinajstić information content (AvgIpc) is 3.68. The van der Waals surface area contributed by atoms with Crippen LogP contribution in [0.25, 0.3) is 11.0 Å². The van der Waals surface area contributed by atoms with Crippen LogP contribution < -0.4 is 5.43 Å². The van der Waals surface area contributed by atoms with Gasteiger partial charge in [-0.15, -0.1) is 0 Å². The molecule has 0 radical (unpaired) electrons. The van der Waals surface area contributed by atoms with E-state index in [2.05, 4.69) is 0 Å². The highest BCUT2D eigenvalue weighted by atomic mass is 16.6. The highest BCUT2D eigenvalue weighted by Gasteiger charge is 2.54. The molecule has 3 fully saturated rings. The van der Waals surface area contributed by atoms with Gasteiger partial charge in [0, 0.05) is 28.8 Å². The topological polar surface area (TPSA) is 163 Å². The molecule has 2 aromatic carbocycles. The number of carbonyl (C=O) groups excluding carboxylic acids is 2. The number of benzene rings is 2. The molecule has 1 aliphatic carbocycles. The highest BCUT2D eigenvalue weighted by Crippen LogP contribution is 2.51. The number of likely N-dealkylation sites (N-methyl/N-ethyl adjacent to an activating group) is 2. The zero-order valence-corrected chi connectivity index (χ0v) is 30.9. The molecule has 0 bridgehead atoms. The number of aryl methyl sites for hydroxylation is 1. The summed E-state index contributed by atoms with van der Waals surface area (Å²) in [4.78, 5) is 47.2. The second-order valence-corrected chi connectivity index (χ2v) is 15.8. The van der Waals surface area contributed by atoms with Crippen LogP contribution in [0.15, 0.2) is 27.4 Å². The predicted octanol–water partition coefficient (Wildman–Crippen LogP) is 3.89. The summed E-state index contributed by atoms with van der Waals surface area (Å²) in [5.74, 6) is -1.37. The zero-order chi connectivity index (χ0) is 37.2. The summed E-state index contributed by atoms with van der Waals surface area (Å²) in [6.45, 7) is 10.8. The Morgan fingerprint density at radius 1 is 0.863 bits per heavy atom. The number of rotatable bonds is 5. The first-order valence-electron chi connectivity index (χ1n) is 17.6. The summed E-state index contributed by atoms with van der Waals surface area (Å²) in [5.41, 5.74) is -0.940. The minimum atomic E-state index is -0.859. The molecule has 12 nitrogen and oxygen atoms in total. The van der Waals surface area contributed by atoms with Crippen LogP contribution in [0.5, 0.6) is 5.75 Å². The van der Waals surface area contributed by atoms with Gasteiger partial charge in [-0.3, -0.25) is 14.4 Å². The molecule has 10 atom stereocenters. The lowest BCUT2D eigenvalue weighted by molar-refractivity contribution is -0.177. The van der Waals surface area contributed by atoms with Crippen LogP contribution in [0, 0.1) is 6.92 Å². The maximum absolute atomic E-state index is 15.0. The number of aliphatic hydroxyl groups is 2. The highest BCUT2D eigenvalue weighted by molar-refractivity contribution is 6.33. The Hall–Kier alpha value is -3.49. The van der Waals surface area contributed by atoms with Crippen LogP contribution in [-0.2, 0) is 19.8 Å². The Morgan fingerprint density at radius 2 is 1.51 bits per heavy atom. The Bertz CT molecular complexity index is 2040. The van der Waals surface area contributed by atoms with Crippen molar-refractivity contribution < 1.29 is 43.5 Å². The molecule has 10 unspecified atom stereocenters.